The van der Waals surface area contributed by atoms with E-state index in [1.54, 1.807) is 6.92 Å². The first-order valence-electron chi connectivity index (χ1n) is 9.23. The molecular formula is C18H26FN3O3S. The second kappa shape index (κ2) is 7.92. The highest BCUT2D eigenvalue weighted by Gasteiger charge is 2.30. The lowest BCUT2D eigenvalue weighted by Crippen LogP contribution is -2.42. The lowest BCUT2D eigenvalue weighted by Gasteiger charge is -2.30. The zero-order chi connectivity index (χ0) is 18.7. The third kappa shape index (κ3) is 4.35. The minimum Gasteiger partial charge on any atom is -0.371 e. The first-order chi connectivity index (χ1) is 12.4. The predicted octanol–water partition coefficient (Wildman–Crippen LogP) is 2.43. The Bertz CT molecular complexity index is 755. The molecule has 0 spiro atoms. The molecule has 0 aliphatic carbocycles. The molecule has 2 aliphatic rings. The van der Waals surface area contributed by atoms with Crippen LogP contribution in [0.3, 0.4) is 0 Å². The SMILES string of the molecule is CCS(=O)(=O)N1CCC(C(=O)Nc2cc(F)cc(N3CCCC3)c2)CC1. The molecular weight excluding hydrogens is 357 g/mol. The van der Waals surface area contributed by atoms with E-state index in [0.717, 1.165) is 31.6 Å². The molecule has 1 aromatic rings. The quantitative estimate of drug-likeness (QED) is 0.848. The molecule has 0 unspecified atom stereocenters. The third-order valence-corrected chi connectivity index (χ3v) is 7.09. The average Bonchev–Trinajstić information content (AvgIpc) is 3.16. The van der Waals surface area contributed by atoms with Gasteiger partial charge in [-0.25, -0.2) is 17.1 Å². The summed E-state index contributed by atoms with van der Waals surface area (Å²) in [7, 11) is -3.20. The Morgan fingerprint density at radius 1 is 1.15 bits per heavy atom. The van der Waals surface area contributed by atoms with Crippen LogP contribution in [0.4, 0.5) is 15.8 Å². The number of anilines is 2. The molecule has 6 nitrogen and oxygen atoms in total. The molecule has 0 saturated carbocycles. The lowest BCUT2D eigenvalue weighted by molar-refractivity contribution is -0.120. The van der Waals surface area contributed by atoms with Gasteiger partial charge in [0.25, 0.3) is 0 Å². The summed E-state index contributed by atoms with van der Waals surface area (Å²) in [6.07, 6.45) is 3.16. The van der Waals surface area contributed by atoms with Crippen molar-refractivity contribution in [3.63, 3.8) is 0 Å². The van der Waals surface area contributed by atoms with E-state index >= 15 is 0 Å². The van der Waals surface area contributed by atoms with Crippen molar-refractivity contribution in [2.45, 2.75) is 32.6 Å². The number of amides is 1. The number of rotatable bonds is 5. The van der Waals surface area contributed by atoms with Gasteiger partial charge in [0.05, 0.1) is 5.75 Å². The topological polar surface area (TPSA) is 69.7 Å². The number of hydrogen-bond donors (Lipinski definition) is 1. The van der Waals surface area contributed by atoms with Crippen LogP contribution in [0.5, 0.6) is 0 Å². The highest BCUT2D eigenvalue weighted by molar-refractivity contribution is 7.89. The molecule has 2 saturated heterocycles. The molecule has 1 N–H and O–H groups in total. The number of carbonyl (C=O) groups excluding carboxylic acids is 1. The van der Waals surface area contributed by atoms with Gasteiger partial charge in [0.15, 0.2) is 0 Å². The number of halogens is 1. The van der Waals surface area contributed by atoms with Crippen LogP contribution in [0.1, 0.15) is 32.6 Å². The van der Waals surface area contributed by atoms with E-state index in [1.807, 2.05) is 6.07 Å². The van der Waals surface area contributed by atoms with Crippen LogP contribution in [0, 0.1) is 11.7 Å². The summed E-state index contributed by atoms with van der Waals surface area (Å²) in [6, 6.07) is 4.63. The van der Waals surface area contributed by atoms with Gasteiger partial charge in [-0.3, -0.25) is 4.79 Å². The van der Waals surface area contributed by atoms with Crippen molar-refractivity contribution in [1.29, 1.82) is 0 Å². The first-order valence-corrected chi connectivity index (χ1v) is 10.8. The molecule has 0 bridgehead atoms. The number of hydrogen-bond acceptors (Lipinski definition) is 4. The second-order valence-corrected chi connectivity index (χ2v) is 9.21. The van der Waals surface area contributed by atoms with Crippen molar-refractivity contribution in [2.24, 2.45) is 5.92 Å². The molecule has 2 fully saturated rings. The molecule has 3 rings (SSSR count). The molecule has 1 aromatic carbocycles. The van der Waals surface area contributed by atoms with Crippen LogP contribution < -0.4 is 10.2 Å². The lowest BCUT2D eigenvalue weighted by atomic mass is 9.97. The smallest absolute Gasteiger partial charge is 0.227 e. The fourth-order valence-electron chi connectivity index (χ4n) is 3.63. The molecule has 144 valence electrons. The third-order valence-electron chi connectivity index (χ3n) is 5.20. The van der Waals surface area contributed by atoms with Gasteiger partial charge in [0.1, 0.15) is 5.82 Å². The van der Waals surface area contributed by atoms with E-state index in [1.165, 1.54) is 16.4 Å². The summed E-state index contributed by atoms with van der Waals surface area (Å²) in [5.41, 5.74) is 1.25. The van der Waals surface area contributed by atoms with Crippen molar-refractivity contribution in [2.75, 3.05) is 42.1 Å². The molecule has 0 aromatic heterocycles. The molecule has 8 heteroatoms. The number of nitrogens with one attached hydrogen (secondary N) is 1. The van der Waals surface area contributed by atoms with Gasteiger partial charge < -0.3 is 10.2 Å². The van der Waals surface area contributed by atoms with Gasteiger partial charge in [0, 0.05) is 43.5 Å². The average molecular weight is 383 g/mol. The molecule has 0 atom stereocenters. The minimum atomic E-state index is -3.20. The van der Waals surface area contributed by atoms with E-state index in [0.29, 0.717) is 31.6 Å². The fourth-order valence-corrected chi connectivity index (χ4v) is 4.76. The van der Waals surface area contributed by atoms with Crippen LogP contribution in [0.15, 0.2) is 18.2 Å². The highest BCUT2D eigenvalue weighted by Crippen LogP contribution is 2.27. The monoisotopic (exact) mass is 383 g/mol. The standard InChI is InChI=1S/C18H26FN3O3S/c1-2-26(24,25)22-9-5-14(6-10-22)18(23)20-16-11-15(19)12-17(13-16)21-7-3-4-8-21/h11-14H,2-10H2,1H3,(H,20,23). The van der Waals surface area contributed by atoms with Crippen molar-refractivity contribution in [3.05, 3.63) is 24.0 Å². The summed E-state index contributed by atoms with van der Waals surface area (Å²) in [4.78, 5) is 14.6. The zero-order valence-electron chi connectivity index (χ0n) is 15.1. The summed E-state index contributed by atoms with van der Waals surface area (Å²) in [5, 5.41) is 2.81. The van der Waals surface area contributed by atoms with Crippen LogP contribution in [-0.4, -0.2) is 50.6 Å². The Kier molecular flexibility index (Phi) is 5.82. The maximum Gasteiger partial charge on any atom is 0.227 e. The molecule has 2 heterocycles. The van der Waals surface area contributed by atoms with Crippen LogP contribution in [0.25, 0.3) is 0 Å². The summed E-state index contributed by atoms with van der Waals surface area (Å²) in [5.74, 6) is -0.714. The maximum atomic E-state index is 13.9. The Hall–Kier alpha value is -1.67. The maximum absolute atomic E-state index is 13.9. The highest BCUT2D eigenvalue weighted by atomic mass is 32.2. The normalized spacial score (nSPS) is 19.7. The van der Waals surface area contributed by atoms with Gasteiger partial charge in [-0.05, 0) is 50.8 Å². The second-order valence-electron chi connectivity index (χ2n) is 6.96. The van der Waals surface area contributed by atoms with Crippen molar-refractivity contribution < 1.29 is 17.6 Å². The van der Waals surface area contributed by atoms with Crippen molar-refractivity contribution in [1.82, 2.24) is 4.31 Å². The van der Waals surface area contributed by atoms with Crippen LogP contribution >= 0.6 is 0 Å². The van der Waals surface area contributed by atoms with Gasteiger partial charge >= 0.3 is 0 Å². The van der Waals surface area contributed by atoms with Crippen molar-refractivity contribution in [3.8, 4) is 0 Å². The molecule has 2 aliphatic heterocycles. The zero-order valence-corrected chi connectivity index (χ0v) is 15.9. The van der Waals surface area contributed by atoms with E-state index in [2.05, 4.69) is 10.2 Å². The molecule has 26 heavy (non-hydrogen) atoms. The van der Waals surface area contributed by atoms with Gasteiger partial charge in [-0.15, -0.1) is 0 Å². The Morgan fingerprint density at radius 3 is 2.42 bits per heavy atom. The summed E-state index contributed by atoms with van der Waals surface area (Å²) >= 11 is 0. The number of piperidine rings is 1. The molecule has 0 radical (unpaired) electrons. The van der Waals surface area contributed by atoms with Gasteiger partial charge in [0.2, 0.25) is 15.9 Å². The fraction of sp³-hybridized carbons (Fsp3) is 0.611. The largest absolute Gasteiger partial charge is 0.371 e. The summed E-state index contributed by atoms with van der Waals surface area (Å²) < 4.78 is 39.2. The number of carbonyl (C=O) groups is 1. The summed E-state index contributed by atoms with van der Waals surface area (Å²) in [6.45, 7) is 4.14. The molecule has 1 amide bonds. The van der Waals surface area contributed by atoms with Crippen molar-refractivity contribution >= 4 is 27.3 Å². The van der Waals surface area contributed by atoms with Gasteiger partial charge in [-0.2, -0.15) is 0 Å². The van der Waals surface area contributed by atoms with Crippen LogP contribution in [0.2, 0.25) is 0 Å². The predicted molar refractivity (Wildman–Crippen MR) is 100 cm³/mol. The number of sulfonamides is 1. The Morgan fingerprint density at radius 2 is 1.81 bits per heavy atom. The van der Waals surface area contributed by atoms with E-state index in [-0.39, 0.29) is 23.4 Å². The van der Waals surface area contributed by atoms with E-state index < -0.39 is 10.0 Å². The minimum absolute atomic E-state index is 0.0758. The number of benzene rings is 1. The van der Waals surface area contributed by atoms with Crippen LogP contribution in [-0.2, 0) is 14.8 Å². The number of nitrogens with zero attached hydrogens (tertiary/aromatic N) is 2. The Labute approximate surface area is 154 Å². The first kappa shape index (κ1) is 19.1. The van der Waals surface area contributed by atoms with E-state index in [4.69, 9.17) is 0 Å². The van der Waals surface area contributed by atoms with E-state index in [9.17, 15) is 17.6 Å². The Balaban J connectivity index is 1.62. The van der Waals surface area contributed by atoms with Gasteiger partial charge in [-0.1, -0.05) is 0 Å².